The SMILES string of the molecule is CCNC(=O)[C@H](Cc1ccccc1)N(Cc1c(Cl)cccc1Cl)C(=O)CCc1ccc(OCC)c(OCC)c1. The molecule has 3 rings (SSSR count). The van der Waals surface area contributed by atoms with E-state index in [2.05, 4.69) is 5.32 Å². The third-order valence-electron chi connectivity index (χ3n) is 6.25. The van der Waals surface area contributed by atoms with Gasteiger partial charge in [-0.15, -0.1) is 0 Å². The van der Waals surface area contributed by atoms with Crippen molar-refractivity contribution < 1.29 is 19.1 Å². The Morgan fingerprint density at radius 1 is 0.846 bits per heavy atom. The first-order valence-electron chi connectivity index (χ1n) is 13.3. The maximum atomic E-state index is 13.9. The first-order chi connectivity index (χ1) is 18.9. The number of amides is 2. The molecule has 0 aliphatic carbocycles. The Hall–Kier alpha value is -3.22. The maximum Gasteiger partial charge on any atom is 0.243 e. The minimum Gasteiger partial charge on any atom is -0.490 e. The number of benzene rings is 3. The Morgan fingerprint density at radius 3 is 2.15 bits per heavy atom. The molecule has 0 saturated heterocycles. The van der Waals surface area contributed by atoms with E-state index in [1.54, 1.807) is 23.1 Å². The van der Waals surface area contributed by atoms with E-state index in [0.29, 0.717) is 59.7 Å². The fourth-order valence-corrected chi connectivity index (χ4v) is 4.86. The molecule has 0 fully saturated rings. The molecule has 0 aliphatic rings. The largest absolute Gasteiger partial charge is 0.490 e. The number of hydrogen-bond acceptors (Lipinski definition) is 4. The molecule has 6 nitrogen and oxygen atoms in total. The molecule has 0 aromatic heterocycles. The first-order valence-corrected chi connectivity index (χ1v) is 14.1. The average Bonchev–Trinajstić information content (AvgIpc) is 2.93. The number of carbonyl (C=O) groups excluding carboxylic acids is 2. The molecule has 8 heteroatoms. The van der Waals surface area contributed by atoms with E-state index in [1.807, 2.05) is 69.3 Å². The van der Waals surface area contributed by atoms with Gasteiger partial charge in [-0.2, -0.15) is 0 Å². The van der Waals surface area contributed by atoms with Crippen molar-refractivity contribution in [1.82, 2.24) is 10.2 Å². The van der Waals surface area contributed by atoms with Crippen molar-refractivity contribution >= 4 is 35.0 Å². The summed E-state index contributed by atoms with van der Waals surface area (Å²) in [6, 6.07) is 19.8. The van der Waals surface area contributed by atoms with Crippen molar-refractivity contribution in [3.63, 3.8) is 0 Å². The van der Waals surface area contributed by atoms with Crippen molar-refractivity contribution in [3.8, 4) is 11.5 Å². The third-order valence-corrected chi connectivity index (χ3v) is 6.96. The Balaban J connectivity index is 1.92. The Bertz CT molecular complexity index is 1220. The van der Waals surface area contributed by atoms with Gasteiger partial charge in [0.1, 0.15) is 6.04 Å². The minimum atomic E-state index is -0.744. The summed E-state index contributed by atoms with van der Waals surface area (Å²) in [4.78, 5) is 28.8. The van der Waals surface area contributed by atoms with Gasteiger partial charge in [-0.3, -0.25) is 9.59 Å². The highest BCUT2D eigenvalue weighted by molar-refractivity contribution is 6.36. The zero-order chi connectivity index (χ0) is 28.2. The number of nitrogens with one attached hydrogen (secondary N) is 1. The summed E-state index contributed by atoms with van der Waals surface area (Å²) in [6.07, 6.45) is 1.01. The minimum absolute atomic E-state index is 0.111. The summed E-state index contributed by atoms with van der Waals surface area (Å²) in [5.74, 6) is 0.916. The van der Waals surface area contributed by atoms with Crippen LogP contribution >= 0.6 is 23.2 Å². The molecular weight excluding hydrogens is 535 g/mol. The Labute approximate surface area is 241 Å². The molecule has 208 valence electrons. The maximum absolute atomic E-state index is 13.9. The first kappa shape index (κ1) is 30.3. The second kappa shape index (κ2) is 15.4. The van der Waals surface area contributed by atoms with Crippen molar-refractivity contribution in [3.05, 3.63) is 93.5 Å². The van der Waals surface area contributed by atoms with E-state index >= 15 is 0 Å². The number of aryl methyl sites for hydroxylation is 1. The van der Waals surface area contributed by atoms with E-state index in [0.717, 1.165) is 11.1 Å². The topological polar surface area (TPSA) is 67.9 Å². The van der Waals surface area contributed by atoms with Gasteiger partial charge in [0.05, 0.1) is 13.2 Å². The molecule has 3 aromatic rings. The van der Waals surface area contributed by atoms with Crippen LogP contribution in [-0.2, 0) is 29.0 Å². The smallest absolute Gasteiger partial charge is 0.243 e. The van der Waals surface area contributed by atoms with Gasteiger partial charge >= 0.3 is 0 Å². The van der Waals surface area contributed by atoms with Crippen molar-refractivity contribution in [2.45, 2.75) is 52.6 Å². The molecule has 0 unspecified atom stereocenters. The van der Waals surface area contributed by atoms with Crippen LogP contribution in [-0.4, -0.2) is 42.5 Å². The van der Waals surface area contributed by atoms with Gasteiger partial charge in [0.2, 0.25) is 11.8 Å². The second-order valence-corrected chi connectivity index (χ2v) is 9.78. The lowest BCUT2D eigenvalue weighted by atomic mass is 10.0. The van der Waals surface area contributed by atoms with Crippen LogP contribution in [0.5, 0.6) is 11.5 Å². The van der Waals surface area contributed by atoms with Gasteiger partial charge < -0.3 is 19.7 Å². The number of halogens is 2. The van der Waals surface area contributed by atoms with Gasteiger partial charge in [-0.05, 0) is 62.6 Å². The highest BCUT2D eigenvalue weighted by atomic mass is 35.5. The summed E-state index contributed by atoms with van der Waals surface area (Å²) in [6.45, 7) is 7.28. The van der Waals surface area contributed by atoms with E-state index in [1.165, 1.54) is 0 Å². The summed E-state index contributed by atoms with van der Waals surface area (Å²) < 4.78 is 11.4. The number of rotatable bonds is 14. The van der Waals surface area contributed by atoms with Gasteiger partial charge in [-0.25, -0.2) is 0 Å². The zero-order valence-electron chi connectivity index (χ0n) is 22.7. The van der Waals surface area contributed by atoms with Gasteiger partial charge in [-0.1, -0.05) is 65.7 Å². The van der Waals surface area contributed by atoms with Crippen molar-refractivity contribution in [2.24, 2.45) is 0 Å². The molecule has 0 radical (unpaired) electrons. The van der Waals surface area contributed by atoms with Crippen LogP contribution in [0, 0.1) is 0 Å². The van der Waals surface area contributed by atoms with Gasteiger partial charge in [0.25, 0.3) is 0 Å². The third kappa shape index (κ3) is 8.64. The highest BCUT2D eigenvalue weighted by Gasteiger charge is 2.31. The second-order valence-electron chi connectivity index (χ2n) is 8.97. The number of hydrogen-bond donors (Lipinski definition) is 1. The Kier molecular flexibility index (Phi) is 12.0. The quantitative estimate of drug-likeness (QED) is 0.240. The lowest BCUT2D eigenvalue weighted by Crippen LogP contribution is -2.50. The molecule has 0 saturated carbocycles. The van der Waals surface area contributed by atoms with Crippen molar-refractivity contribution in [1.29, 1.82) is 0 Å². The summed E-state index contributed by atoms with van der Waals surface area (Å²) in [7, 11) is 0. The average molecular weight is 572 g/mol. The van der Waals surface area contributed by atoms with Crippen LogP contribution in [0.1, 0.15) is 43.9 Å². The predicted molar refractivity (Wildman–Crippen MR) is 157 cm³/mol. The van der Waals surface area contributed by atoms with Gasteiger partial charge in [0.15, 0.2) is 11.5 Å². The predicted octanol–water partition coefficient (Wildman–Crippen LogP) is 6.50. The monoisotopic (exact) mass is 570 g/mol. The number of ether oxygens (including phenoxy) is 2. The number of carbonyl (C=O) groups is 2. The molecule has 0 aliphatic heterocycles. The number of likely N-dealkylation sites (N-methyl/N-ethyl adjacent to an activating group) is 1. The van der Waals surface area contributed by atoms with Gasteiger partial charge in [0, 0.05) is 41.5 Å². The van der Waals surface area contributed by atoms with Crippen LogP contribution in [0.25, 0.3) is 0 Å². The lowest BCUT2D eigenvalue weighted by Gasteiger charge is -2.32. The lowest BCUT2D eigenvalue weighted by molar-refractivity contribution is -0.141. The van der Waals surface area contributed by atoms with E-state index in [4.69, 9.17) is 32.7 Å². The molecule has 3 aromatic carbocycles. The molecule has 2 amide bonds. The Morgan fingerprint density at radius 2 is 1.51 bits per heavy atom. The molecule has 0 heterocycles. The molecule has 0 bridgehead atoms. The fraction of sp³-hybridized carbons (Fsp3) is 0.355. The highest BCUT2D eigenvalue weighted by Crippen LogP contribution is 2.30. The molecular formula is C31H36Cl2N2O4. The molecule has 1 N–H and O–H groups in total. The van der Waals surface area contributed by atoms with Crippen LogP contribution in [0.2, 0.25) is 10.0 Å². The summed E-state index contributed by atoms with van der Waals surface area (Å²) in [5, 5.41) is 3.79. The number of nitrogens with zero attached hydrogens (tertiary/aromatic N) is 1. The summed E-state index contributed by atoms with van der Waals surface area (Å²) >= 11 is 13.0. The molecule has 1 atom stereocenters. The van der Waals surface area contributed by atoms with Crippen LogP contribution in [0.3, 0.4) is 0 Å². The summed E-state index contributed by atoms with van der Waals surface area (Å²) in [5.41, 5.74) is 2.49. The van der Waals surface area contributed by atoms with Crippen molar-refractivity contribution in [2.75, 3.05) is 19.8 Å². The van der Waals surface area contributed by atoms with Crippen LogP contribution in [0.15, 0.2) is 66.7 Å². The van der Waals surface area contributed by atoms with E-state index in [-0.39, 0.29) is 24.8 Å². The zero-order valence-corrected chi connectivity index (χ0v) is 24.2. The van der Waals surface area contributed by atoms with Crippen LogP contribution < -0.4 is 14.8 Å². The van der Waals surface area contributed by atoms with E-state index < -0.39 is 6.04 Å². The normalized spacial score (nSPS) is 11.5. The van der Waals surface area contributed by atoms with E-state index in [9.17, 15) is 9.59 Å². The standard InChI is InChI=1S/C31H36Cl2N2O4/c1-4-34-31(37)27(19-22-11-8-7-9-12-22)35(21-24-25(32)13-10-14-26(24)33)30(36)18-16-23-15-17-28(38-5-2)29(20-23)39-6-3/h7-15,17,20,27H,4-6,16,18-19,21H2,1-3H3,(H,34,37)/t27-/m0/s1. The molecule has 39 heavy (non-hydrogen) atoms. The fourth-order valence-electron chi connectivity index (χ4n) is 4.35. The molecule has 0 spiro atoms. The van der Waals surface area contributed by atoms with Crippen LogP contribution in [0.4, 0.5) is 0 Å².